The third kappa shape index (κ3) is 2.59. The normalized spacial score (nSPS) is 33.4. The van der Waals surface area contributed by atoms with Gasteiger partial charge in [-0.25, -0.2) is 0 Å². The Bertz CT molecular complexity index is 873. The molecule has 0 radical (unpaired) electrons. The molecule has 0 unspecified atom stereocenters. The van der Waals surface area contributed by atoms with Crippen molar-refractivity contribution >= 4 is 0 Å². The van der Waals surface area contributed by atoms with E-state index < -0.39 is 0 Å². The van der Waals surface area contributed by atoms with Gasteiger partial charge in [-0.3, -0.25) is 9.80 Å². The highest BCUT2D eigenvalue weighted by atomic mass is 16.7. The summed E-state index contributed by atoms with van der Waals surface area (Å²) in [5.74, 6) is 4.56. The van der Waals surface area contributed by atoms with Crippen LogP contribution in [-0.2, 0) is 13.2 Å². The summed E-state index contributed by atoms with van der Waals surface area (Å²) in [6, 6.07) is 11.5. The molecule has 3 atom stereocenters. The van der Waals surface area contributed by atoms with Gasteiger partial charge in [0.1, 0.15) is 18.1 Å². The van der Waals surface area contributed by atoms with Crippen molar-refractivity contribution in [2.24, 2.45) is 5.92 Å². The van der Waals surface area contributed by atoms with E-state index in [1.807, 2.05) is 12.1 Å². The quantitative estimate of drug-likeness (QED) is 0.877. The van der Waals surface area contributed by atoms with E-state index in [1.54, 1.807) is 0 Å². The van der Waals surface area contributed by atoms with E-state index in [1.165, 1.54) is 31.5 Å². The van der Waals surface area contributed by atoms with Gasteiger partial charge in [0.2, 0.25) is 6.79 Å². The number of furan rings is 1. The topological polar surface area (TPSA) is 58.3 Å². The van der Waals surface area contributed by atoms with Gasteiger partial charge in [-0.1, -0.05) is 6.07 Å². The molecular formula is C22H26N2O4. The number of aliphatic hydroxyl groups excluding tert-OH is 1. The molecule has 0 amide bonds. The Morgan fingerprint density at radius 3 is 2.61 bits per heavy atom. The molecule has 6 heterocycles. The SMILES string of the molecule is OCc1ccc(CN2C[C@@H](c3ccc4c(c3)OCO4)[C@@H]3[C@H]2C2CCN3CC2)o1. The Balaban J connectivity index is 1.33. The molecule has 0 saturated carbocycles. The summed E-state index contributed by atoms with van der Waals surface area (Å²) in [5, 5.41) is 9.32. The van der Waals surface area contributed by atoms with E-state index in [2.05, 4.69) is 28.0 Å². The number of ether oxygens (including phenoxy) is 2. The van der Waals surface area contributed by atoms with Crippen LogP contribution in [0, 0.1) is 5.92 Å². The lowest BCUT2D eigenvalue weighted by Crippen LogP contribution is -2.59. The molecule has 0 aliphatic carbocycles. The number of fused-ring (bicyclic) bond motifs is 3. The molecule has 6 heteroatoms. The molecule has 1 aromatic heterocycles. The average Bonchev–Trinajstić information content (AvgIpc) is 3.47. The van der Waals surface area contributed by atoms with Gasteiger partial charge < -0.3 is 19.0 Å². The maximum Gasteiger partial charge on any atom is 0.231 e. The minimum atomic E-state index is -0.0394. The van der Waals surface area contributed by atoms with Crippen molar-refractivity contribution in [2.45, 2.75) is 44.0 Å². The number of hydrogen-bond acceptors (Lipinski definition) is 6. The Morgan fingerprint density at radius 2 is 1.79 bits per heavy atom. The van der Waals surface area contributed by atoms with Crippen LogP contribution in [0.1, 0.15) is 35.8 Å². The smallest absolute Gasteiger partial charge is 0.231 e. The van der Waals surface area contributed by atoms with E-state index in [0.29, 0.717) is 30.6 Å². The Hall–Kier alpha value is -2.02. The first-order valence-electron chi connectivity index (χ1n) is 10.4. The fourth-order valence-electron chi connectivity index (χ4n) is 5.95. The minimum absolute atomic E-state index is 0.0394. The van der Waals surface area contributed by atoms with Crippen molar-refractivity contribution in [3.63, 3.8) is 0 Å². The largest absolute Gasteiger partial charge is 0.462 e. The molecule has 4 fully saturated rings. The summed E-state index contributed by atoms with van der Waals surface area (Å²) in [5.41, 5.74) is 1.35. The monoisotopic (exact) mass is 382 g/mol. The van der Waals surface area contributed by atoms with Crippen molar-refractivity contribution in [3.05, 3.63) is 47.4 Å². The first kappa shape index (κ1) is 16.9. The number of piperidine rings is 3. The van der Waals surface area contributed by atoms with Crippen molar-refractivity contribution in [1.82, 2.24) is 9.80 Å². The van der Waals surface area contributed by atoms with Gasteiger partial charge in [0.25, 0.3) is 0 Å². The van der Waals surface area contributed by atoms with Gasteiger partial charge in [0.05, 0.1) is 6.54 Å². The molecule has 5 aliphatic rings. The molecule has 1 N–H and O–H groups in total. The van der Waals surface area contributed by atoms with Gasteiger partial charge in [-0.2, -0.15) is 0 Å². The van der Waals surface area contributed by atoms with Gasteiger partial charge in [-0.15, -0.1) is 0 Å². The van der Waals surface area contributed by atoms with Crippen molar-refractivity contribution in [3.8, 4) is 11.5 Å². The predicted octanol–water partition coefficient (Wildman–Crippen LogP) is 2.56. The molecule has 148 valence electrons. The van der Waals surface area contributed by atoms with Crippen LogP contribution in [0.15, 0.2) is 34.7 Å². The zero-order valence-corrected chi connectivity index (χ0v) is 15.9. The highest BCUT2D eigenvalue weighted by molar-refractivity contribution is 5.46. The predicted molar refractivity (Wildman–Crippen MR) is 102 cm³/mol. The van der Waals surface area contributed by atoms with E-state index in [9.17, 15) is 5.11 Å². The average molecular weight is 382 g/mol. The Kier molecular flexibility index (Phi) is 3.93. The second-order valence-electron chi connectivity index (χ2n) is 8.53. The minimum Gasteiger partial charge on any atom is -0.462 e. The van der Waals surface area contributed by atoms with E-state index in [4.69, 9.17) is 13.9 Å². The Labute approximate surface area is 164 Å². The molecule has 2 aromatic rings. The second kappa shape index (κ2) is 6.51. The number of aliphatic hydroxyl groups is 1. The summed E-state index contributed by atoms with van der Waals surface area (Å²) < 4.78 is 17.0. The van der Waals surface area contributed by atoms with Gasteiger partial charge in [0, 0.05) is 24.5 Å². The standard InChI is InChI=1S/C22H26N2O4/c25-12-17-3-2-16(28-17)10-24-11-18(15-1-4-19-20(9-15)27-13-26-19)22-21(24)14-5-7-23(22)8-6-14/h1-4,9,14,18,21-22,25H,5-8,10-13H2/t18-,21+,22+/m0/s1. The number of benzene rings is 1. The summed E-state index contributed by atoms with van der Waals surface area (Å²) in [6.45, 7) is 4.56. The van der Waals surface area contributed by atoms with Crippen molar-refractivity contribution in [1.29, 1.82) is 0 Å². The highest BCUT2D eigenvalue weighted by Crippen LogP contribution is 2.48. The summed E-state index contributed by atoms with van der Waals surface area (Å²) in [7, 11) is 0. The molecule has 0 spiro atoms. The number of nitrogens with zero attached hydrogens (tertiary/aromatic N) is 2. The zero-order valence-electron chi connectivity index (χ0n) is 15.9. The van der Waals surface area contributed by atoms with Gasteiger partial charge in [-0.05, 0) is 61.7 Å². The lowest BCUT2D eigenvalue weighted by Gasteiger charge is -2.51. The lowest BCUT2D eigenvalue weighted by atomic mass is 9.75. The van der Waals surface area contributed by atoms with Crippen LogP contribution >= 0.6 is 0 Å². The van der Waals surface area contributed by atoms with Crippen LogP contribution in [0.2, 0.25) is 0 Å². The van der Waals surface area contributed by atoms with Crippen LogP contribution in [-0.4, -0.2) is 53.4 Å². The van der Waals surface area contributed by atoms with E-state index >= 15 is 0 Å². The lowest BCUT2D eigenvalue weighted by molar-refractivity contribution is -0.0103. The number of rotatable bonds is 4. The first-order chi connectivity index (χ1) is 13.8. The fraction of sp³-hybridized carbons (Fsp3) is 0.545. The molecule has 7 rings (SSSR count). The molecule has 28 heavy (non-hydrogen) atoms. The molecule has 6 nitrogen and oxygen atoms in total. The Morgan fingerprint density at radius 1 is 0.964 bits per heavy atom. The third-order valence-corrected chi connectivity index (χ3v) is 7.15. The van der Waals surface area contributed by atoms with Gasteiger partial charge in [0.15, 0.2) is 11.5 Å². The molecule has 2 bridgehead atoms. The maximum atomic E-state index is 9.32. The molecular weight excluding hydrogens is 356 g/mol. The molecule has 1 aromatic carbocycles. The first-order valence-corrected chi connectivity index (χ1v) is 10.4. The van der Waals surface area contributed by atoms with E-state index in [0.717, 1.165) is 36.3 Å². The highest BCUT2D eigenvalue weighted by Gasteiger charge is 2.53. The van der Waals surface area contributed by atoms with Crippen molar-refractivity contribution < 1.29 is 19.0 Å². The number of hydrogen-bond donors (Lipinski definition) is 1. The van der Waals surface area contributed by atoms with Crippen LogP contribution in [0.25, 0.3) is 0 Å². The van der Waals surface area contributed by atoms with Gasteiger partial charge >= 0.3 is 0 Å². The third-order valence-electron chi connectivity index (χ3n) is 7.15. The van der Waals surface area contributed by atoms with E-state index in [-0.39, 0.29) is 6.61 Å². The van der Waals surface area contributed by atoms with Crippen molar-refractivity contribution in [2.75, 3.05) is 26.4 Å². The second-order valence-corrected chi connectivity index (χ2v) is 8.53. The number of likely N-dealkylation sites (tertiary alicyclic amines) is 1. The summed E-state index contributed by atoms with van der Waals surface area (Å²) in [6.07, 6.45) is 2.59. The summed E-state index contributed by atoms with van der Waals surface area (Å²) in [4.78, 5) is 5.33. The van der Waals surface area contributed by atoms with Crippen LogP contribution < -0.4 is 9.47 Å². The molecule has 5 aliphatic heterocycles. The van der Waals surface area contributed by atoms with Crippen LogP contribution in [0.4, 0.5) is 0 Å². The zero-order chi connectivity index (χ0) is 18.7. The van der Waals surface area contributed by atoms with Crippen LogP contribution in [0.5, 0.6) is 11.5 Å². The van der Waals surface area contributed by atoms with Crippen LogP contribution in [0.3, 0.4) is 0 Å². The summed E-state index contributed by atoms with van der Waals surface area (Å²) >= 11 is 0. The fourth-order valence-corrected chi connectivity index (χ4v) is 5.95. The molecule has 4 saturated heterocycles. The maximum absolute atomic E-state index is 9.32.